The highest BCUT2D eigenvalue weighted by molar-refractivity contribution is 8.76. The van der Waals surface area contributed by atoms with E-state index in [0.29, 0.717) is 88.1 Å². The molecule has 1 spiro atoms. The molecule has 126 heavy (non-hydrogen) atoms. The van der Waals surface area contributed by atoms with Crippen molar-refractivity contribution in [2.45, 2.75) is 200 Å². The number of aliphatic carboxylic acids is 2. The van der Waals surface area contributed by atoms with Gasteiger partial charge in [0.15, 0.2) is 34.1 Å². The van der Waals surface area contributed by atoms with Crippen LogP contribution in [-0.2, 0) is 68.4 Å². The van der Waals surface area contributed by atoms with Crippen LogP contribution in [0.2, 0.25) is 0 Å². The van der Waals surface area contributed by atoms with E-state index in [1.165, 1.54) is 23.9 Å². The van der Waals surface area contributed by atoms with Crippen LogP contribution in [0.4, 0.5) is 16.4 Å². The zero-order chi connectivity index (χ0) is 91.4. The number of ketones is 3. The van der Waals surface area contributed by atoms with Gasteiger partial charge in [0.2, 0.25) is 17.8 Å². The van der Waals surface area contributed by atoms with Crippen LogP contribution in [0.25, 0.3) is 22.1 Å². The predicted octanol–water partition coefficient (Wildman–Crippen LogP) is -0.244. The Hall–Kier alpha value is -9.63. The number of para-hydroxylation sites is 1. The molecule has 21 N–H and O–H groups in total. The van der Waals surface area contributed by atoms with E-state index >= 15 is 4.79 Å². The lowest BCUT2D eigenvalue weighted by Gasteiger charge is -2.63. The molecule has 6 aliphatic rings. The lowest BCUT2D eigenvalue weighted by atomic mass is 9.47. The second-order valence-electron chi connectivity index (χ2n) is 34.5. The van der Waals surface area contributed by atoms with E-state index in [4.69, 9.17) is 15.2 Å². The number of aromatic amines is 2. The zero-order valence-corrected chi connectivity index (χ0v) is 72.4. The van der Waals surface area contributed by atoms with Crippen molar-refractivity contribution < 1.29 is 119 Å². The number of benzene rings is 3. The maximum absolute atomic E-state index is 15.3. The molecule has 38 nitrogen and oxygen atoms in total. The number of aliphatic hydroxyl groups is 11. The van der Waals surface area contributed by atoms with E-state index in [-0.39, 0.29) is 46.7 Å². The highest BCUT2D eigenvalue weighted by atomic mass is 33.1. The van der Waals surface area contributed by atoms with Crippen LogP contribution in [0, 0.1) is 29.1 Å². The average molecular weight is 1790 g/mol. The number of aromatic nitrogens is 5. The van der Waals surface area contributed by atoms with E-state index in [1.807, 2.05) is 49.1 Å². The number of aryl methyl sites for hydroxylation is 2. The Morgan fingerprint density at radius 2 is 1.46 bits per heavy atom. The summed E-state index contributed by atoms with van der Waals surface area (Å²) in [5, 5.41) is 149. The number of ether oxygens (including phenoxy) is 2. The van der Waals surface area contributed by atoms with Crippen molar-refractivity contribution >= 4 is 108 Å². The Bertz CT molecular complexity index is 5140. The number of fused-ring (bicyclic) bond motifs is 7. The second kappa shape index (κ2) is 39.5. The number of Topliss-reactive ketones (excluding diaryl/α,β-unsaturated/α-hetero) is 3. The van der Waals surface area contributed by atoms with Gasteiger partial charge in [0.05, 0.1) is 55.7 Å². The number of hydrogen-bond acceptors (Lipinski definition) is 32. The monoisotopic (exact) mass is 1790 g/mol. The summed E-state index contributed by atoms with van der Waals surface area (Å²) in [7, 11) is 5.26. The number of hydrogen-bond donors (Lipinski definition) is 20. The van der Waals surface area contributed by atoms with Crippen molar-refractivity contribution in [2.24, 2.45) is 29.1 Å². The van der Waals surface area contributed by atoms with E-state index in [9.17, 15) is 110 Å². The van der Waals surface area contributed by atoms with E-state index < -0.39 is 216 Å². The van der Waals surface area contributed by atoms with Gasteiger partial charge in [-0.1, -0.05) is 97.0 Å². The van der Waals surface area contributed by atoms with E-state index in [0.717, 1.165) is 74.9 Å². The molecule has 6 aromatic rings. The van der Waals surface area contributed by atoms with Gasteiger partial charge in [-0.2, -0.15) is 4.98 Å². The van der Waals surface area contributed by atoms with Crippen LogP contribution in [0.15, 0.2) is 83.8 Å². The molecule has 684 valence electrons. The highest BCUT2D eigenvalue weighted by Crippen LogP contribution is 2.68. The fourth-order valence-corrected chi connectivity index (χ4v) is 22.2. The molecule has 3 aromatic carbocycles. The van der Waals surface area contributed by atoms with Gasteiger partial charge < -0.3 is 102 Å². The Balaban J connectivity index is 0.659. The maximum Gasteiger partial charge on any atom is 0.426 e. The third-order valence-electron chi connectivity index (χ3n) is 26.6. The SMILES string of the molecule is CC[C@]1(O)C[C@H]2CN(CCc3c([nH]c4ccccc34)[C@@](C)(c3cc4c(cc3OC)N(C)[C@H]3[C@@](O)(C(=O)NNC(=O)OCCSSC[C@H](CC(=O)[C@@H](NC(=O)[C@H](C)CC(=O)[C@@H](NC(=O)CC[C@H](CC(=O)c5ccc(CCc6cnc7nc(N)[nH]c(=O)c7n6)cc5)C(=O)O)[C@@H](O)[C@H](O)[C@H](O)CO)[C@@H](O)[C@H](O)[C@H](O)CO)C(=O)O)[C@H](O)[C@]5(CC)C=CCN6CC[C@]43[C@@H]65)C2)C1. The molecule has 1 aliphatic carbocycles. The van der Waals surface area contributed by atoms with Crippen LogP contribution in [0.1, 0.15) is 136 Å². The first-order valence-electron chi connectivity index (χ1n) is 42.2. The van der Waals surface area contributed by atoms with Crippen LogP contribution in [0.5, 0.6) is 5.75 Å². The fraction of sp³-hybridized carbons (Fsp3) is 0.570. The number of amides is 4. The van der Waals surface area contributed by atoms with Crippen molar-refractivity contribution in [3.8, 4) is 5.75 Å². The first-order valence-corrected chi connectivity index (χ1v) is 44.7. The molecular weight excluding hydrogens is 1680 g/mol. The number of nitrogens with one attached hydrogen (secondary N) is 6. The fourth-order valence-electron chi connectivity index (χ4n) is 20.1. The zero-order valence-electron chi connectivity index (χ0n) is 70.7. The third-order valence-corrected chi connectivity index (χ3v) is 29.0. The number of piperidine rings is 1. The number of anilines is 2. The molecule has 5 aliphatic heterocycles. The van der Waals surface area contributed by atoms with Gasteiger partial charge in [0, 0.05) is 138 Å². The molecule has 4 amide bonds. The number of carboxylic acid groups (broad SMARTS) is 2. The van der Waals surface area contributed by atoms with Gasteiger partial charge in [-0.05, 0) is 106 Å². The Labute approximate surface area is 732 Å². The number of carboxylic acids is 2. The summed E-state index contributed by atoms with van der Waals surface area (Å²) in [5.41, 5.74) is 10.1. The molecule has 3 fully saturated rings. The molecule has 21 atom stereocenters. The van der Waals surface area contributed by atoms with Crippen LogP contribution < -0.4 is 42.4 Å². The summed E-state index contributed by atoms with van der Waals surface area (Å²) < 4.78 is 11.9. The minimum Gasteiger partial charge on any atom is -0.496 e. The summed E-state index contributed by atoms with van der Waals surface area (Å²) in [6, 6.07) is 12.5. The Morgan fingerprint density at radius 1 is 0.778 bits per heavy atom. The summed E-state index contributed by atoms with van der Waals surface area (Å²) >= 11 is 0. The number of aliphatic hydroxyl groups excluding tert-OH is 9. The molecular formula is C86H113N13O25S2. The topological polar surface area (TPSA) is 606 Å². The predicted molar refractivity (Wildman–Crippen MR) is 459 cm³/mol. The van der Waals surface area contributed by atoms with Crippen molar-refractivity contribution in [2.75, 3.05) is 88.8 Å². The number of hydrazine groups is 1. The quantitative estimate of drug-likeness (QED) is 0.00778. The van der Waals surface area contributed by atoms with Crippen molar-refractivity contribution in [3.05, 3.63) is 129 Å². The van der Waals surface area contributed by atoms with E-state index in [2.05, 4.69) is 81.3 Å². The summed E-state index contributed by atoms with van der Waals surface area (Å²) in [4.78, 5) is 161. The number of rotatable bonds is 39. The lowest BCUT2D eigenvalue weighted by Crippen LogP contribution is -2.82. The number of likely N-dealkylation sites (N-methyl/N-ethyl adjacent to an activating group) is 1. The van der Waals surface area contributed by atoms with Gasteiger partial charge in [0.25, 0.3) is 11.5 Å². The van der Waals surface area contributed by atoms with Crippen molar-refractivity contribution in [1.82, 2.24) is 56.2 Å². The first kappa shape index (κ1) is 95.5. The molecule has 12 rings (SSSR count). The number of nitrogens with two attached hydrogens (primary N) is 1. The minimum atomic E-state index is -2.65. The highest BCUT2D eigenvalue weighted by Gasteiger charge is 2.79. The van der Waals surface area contributed by atoms with Crippen LogP contribution in [-0.4, -0.2) is 311 Å². The minimum absolute atomic E-state index is 0.00841. The van der Waals surface area contributed by atoms with Gasteiger partial charge in [-0.15, -0.1) is 0 Å². The number of H-pyrrole nitrogens is 2. The number of carbonyl (C=O) groups is 9. The van der Waals surface area contributed by atoms with Crippen LogP contribution in [0.3, 0.4) is 0 Å². The molecule has 40 heteroatoms. The first-order chi connectivity index (χ1) is 59.8. The molecule has 8 heterocycles. The number of nitrogen functional groups attached to an aromatic ring is 1. The average Bonchev–Trinajstić information content (AvgIpc) is 1.48. The standard InChI is InChI=1S/C86H113N13O25S2/c1-7-83(121)36-45-35-82(4,70-51(22-26-98(38-45)42-83)50-12-9-10-13-54(50)90-70)53-33-52-55(34-61(53)123-6)97(5)77-85(52)24-27-99-25-11-23-84(8-2,76(85)99)78(118)86(77,122)79(119)95-96-81(120)124-28-29-125-126-41-48(75(116)117)32-58(104)64(69(111)67(109)60(106)40-101)92-72(112)43(3)30-57(103)63(68(110)66(108)59(105)39-100)91-62(107)21-19-47(74(114)115)31-56(102)46-17-14-44(15-18-46)16-20-49-37-88-71-65(89-49)73(113)94-80(87)93-71/h9-15,17-18,23,33-34,37,43,45,47-48,59-60,63-64,66-69,76-78,90,100-101,105-106,108-111,118,121-122H,7-8,16,19-22,24-32,35-36,38-42H2,1-6H3,(H,91,107)(H,92,112)(H,95,119)(H,96,120)(H,114,115)(H,116,117)(H3,87,88,93,94,113)/t43-,45+,47-,48+,59-,60-,63-,64-,66-,67-,68-,69-,76+,77-,78-,82-,83+,84-,85-,86+/m1/s1. The number of methoxy groups -OCH3 is 1. The second-order valence-corrected chi connectivity index (χ2v) is 37.2. The van der Waals surface area contributed by atoms with Crippen molar-refractivity contribution in [3.63, 3.8) is 0 Å². The molecule has 3 aromatic heterocycles. The molecule has 2 bridgehead atoms. The molecule has 0 radical (unpaired) electrons. The van der Waals surface area contributed by atoms with Gasteiger partial charge >= 0.3 is 18.0 Å². The van der Waals surface area contributed by atoms with Crippen molar-refractivity contribution in [1.29, 1.82) is 0 Å². The third kappa shape index (κ3) is 19.1. The molecule has 1 saturated carbocycles. The largest absolute Gasteiger partial charge is 0.496 e. The number of nitrogens with zero attached hydrogens (tertiary/aromatic N) is 6. The Kier molecular flexibility index (Phi) is 30.0. The van der Waals surface area contributed by atoms with Gasteiger partial charge in [-0.25, -0.2) is 20.2 Å². The normalized spacial score (nSPS) is 26.3. The molecule has 2 saturated heterocycles. The number of carbonyl (C=O) groups excluding carboxylic acids is 7. The van der Waals surface area contributed by atoms with Crippen LogP contribution >= 0.6 is 21.6 Å². The lowest BCUT2D eigenvalue weighted by molar-refractivity contribution is -0.204. The molecule has 1 unspecified atom stereocenters. The smallest absolute Gasteiger partial charge is 0.426 e. The van der Waals surface area contributed by atoms with Gasteiger partial charge in [0.1, 0.15) is 67.2 Å². The van der Waals surface area contributed by atoms with Gasteiger partial charge in [-0.3, -0.25) is 63.4 Å². The summed E-state index contributed by atoms with van der Waals surface area (Å²) in [6.07, 6.45) is -11.4. The summed E-state index contributed by atoms with van der Waals surface area (Å²) in [6.45, 7) is 7.72. The maximum atomic E-state index is 15.3. The van der Waals surface area contributed by atoms with E-state index in [1.54, 1.807) is 26.3 Å². The Morgan fingerprint density at radius 3 is 2.13 bits per heavy atom. The summed E-state index contributed by atoms with van der Waals surface area (Å²) in [5.74, 6) is -14.4.